The fourth-order valence-corrected chi connectivity index (χ4v) is 14.8. The van der Waals surface area contributed by atoms with Gasteiger partial charge in [-0.05, 0) is 145 Å². The summed E-state index contributed by atoms with van der Waals surface area (Å²) in [7, 11) is 0. The maximum Gasteiger partial charge on any atom is 0.333 e. The van der Waals surface area contributed by atoms with Gasteiger partial charge >= 0.3 is 6.85 Å². The third-order valence-corrected chi connectivity index (χ3v) is 18.5. The molecule has 5 heterocycles. The number of hydrogen-bond acceptors (Lipinski definition) is 4. The van der Waals surface area contributed by atoms with Gasteiger partial charge in [0.25, 0.3) is 0 Å². The Hall–Kier alpha value is -6.89. The Morgan fingerprint density at radius 2 is 1.34 bits per heavy atom. The van der Waals surface area contributed by atoms with Crippen molar-refractivity contribution in [3.05, 3.63) is 167 Å². The maximum atomic E-state index is 6.85. The van der Waals surface area contributed by atoms with E-state index in [1.54, 1.807) is 0 Å². The van der Waals surface area contributed by atoms with Crippen molar-refractivity contribution in [1.82, 2.24) is 9.55 Å². The average molecular weight is 924 g/mol. The fraction of sp³-hybridized carbons (Fsp3) is 0.234. The number of benzene rings is 8. The largest absolute Gasteiger partial charge is 0.436 e. The first-order chi connectivity index (χ1) is 33.6. The van der Waals surface area contributed by atoms with E-state index in [2.05, 4.69) is 211 Å². The SMILES string of the molecule is CC(C)(C)c1ccc(N2B3c4cc5nc(-c6ccccc6)oc5cc4-n4c5cc6c(cc5c5c7c(c(c3c54)-c3cc4c(cc32)sc2ccccc24)-c2ccccc2C7(C)C)C(C)(C)CCC6(C)C)cc1. The lowest BCUT2D eigenvalue weighted by molar-refractivity contribution is 0.332. The van der Waals surface area contributed by atoms with E-state index < -0.39 is 0 Å². The molecule has 15 rings (SSSR count). The first kappa shape index (κ1) is 40.9. The van der Waals surface area contributed by atoms with Crippen molar-refractivity contribution in [2.24, 2.45) is 0 Å². The molecular formula is C64H54BN3OS. The molecule has 2 aliphatic heterocycles. The molecule has 4 aliphatic rings. The number of hydrogen-bond donors (Lipinski definition) is 0. The first-order valence-electron chi connectivity index (χ1n) is 25.3. The summed E-state index contributed by atoms with van der Waals surface area (Å²) in [6.45, 7) is 21.6. The number of fused-ring (bicyclic) bond motifs is 18. The normalized spacial score (nSPS) is 16.8. The van der Waals surface area contributed by atoms with E-state index in [1.807, 2.05) is 11.3 Å². The summed E-state index contributed by atoms with van der Waals surface area (Å²) in [5, 5.41) is 5.37. The summed E-state index contributed by atoms with van der Waals surface area (Å²) in [4.78, 5) is 8.01. The van der Waals surface area contributed by atoms with Gasteiger partial charge in [-0.25, -0.2) is 4.98 Å². The Morgan fingerprint density at radius 1 is 0.629 bits per heavy atom. The molecular weight excluding hydrogens is 870 g/mol. The lowest BCUT2D eigenvalue weighted by Gasteiger charge is -2.43. The van der Waals surface area contributed by atoms with Crippen LogP contribution in [0.2, 0.25) is 0 Å². The van der Waals surface area contributed by atoms with Gasteiger partial charge in [-0.2, -0.15) is 0 Å². The van der Waals surface area contributed by atoms with E-state index in [0.29, 0.717) is 5.89 Å². The topological polar surface area (TPSA) is 34.2 Å². The Balaban J connectivity index is 1.18. The number of oxazole rings is 1. The molecule has 0 amide bonds. The molecule has 0 radical (unpaired) electrons. The van der Waals surface area contributed by atoms with Crippen LogP contribution in [0.4, 0.5) is 11.4 Å². The number of anilines is 2. The maximum absolute atomic E-state index is 6.85. The molecule has 0 unspecified atom stereocenters. The number of nitrogens with zero attached hydrogens (tertiary/aromatic N) is 3. The van der Waals surface area contributed by atoms with Crippen LogP contribution in [0.25, 0.3) is 92.5 Å². The molecule has 0 saturated carbocycles. The highest BCUT2D eigenvalue weighted by Crippen LogP contribution is 2.60. The molecule has 4 nitrogen and oxygen atoms in total. The molecule has 3 aromatic heterocycles. The predicted octanol–water partition coefficient (Wildman–Crippen LogP) is 16.2. The van der Waals surface area contributed by atoms with Crippen molar-refractivity contribution >= 4 is 93.6 Å². The van der Waals surface area contributed by atoms with Crippen LogP contribution < -0.4 is 15.7 Å². The van der Waals surface area contributed by atoms with Crippen LogP contribution in [0.3, 0.4) is 0 Å². The van der Waals surface area contributed by atoms with Crippen molar-refractivity contribution in [3.8, 4) is 39.4 Å². The molecule has 0 N–H and O–H groups in total. The van der Waals surface area contributed by atoms with E-state index in [4.69, 9.17) is 9.40 Å². The van der Waals surface area contributed by atoms with Gasteiger partial charge in [0, 0.05) is 70.6 Å². The molecule has 2 aliphatic carbocycles. The van der Waals surface area contributed by atoms with E-state index >= 15 is 0 Å². The third-order valence-electron chi connectivity index (χ3n) is 17.4. The quantitative estimate of drug-likeness (QED) is 0.162. The van der Waals surface area contributed by atoms with Crippen molar-refractivity contribution in [1.29, 1.82) is 0 Å². The number of rotatable bonds is 2. The molecule has 8 aromatic carbocycles. The van der Waals surface area contributed by atoms with Gasteiger partial charge in [-0.3, -0.25) is 0 Å². The van der Waals surface area contributed by atoms with Gasteiger partial charge in [0.15, 0.2) is 5.58 Å². The summed E-state index contributed by atoms with van der Waals surface area (Å²) in [6, 6.07) is 53.3. The number of thiophene rings is 1. The van der Waals surface area contributed by atoms with Crippen LogP contribution in [0.5, 0.6) is 0 Å². The van der Waals surface area contributed by atoms with E-state index in [-0.39, 0.29) is 28.5 Å². The predicted molar refractivity (Wildman–Crippen MR) is 297 cm³/mol. The van der Waals surface area contributed by atoms with Gasteiger partial charge in [-0.15, -0.1) is 11.3 Å². The van der Waals surface area contributed by atoms with Gasteiger partial charge in [0.1, 0.15) is 5.52 Å². The zero-order valence-corrected chi connectivity index (χ0v) is 42.2. The van der Waals surface area contributed by atoms with Crippen molar-refractivity contribution in [2.75, 3.05) is 4.81 Å². The standard InChI is InChI=1S/C64H54BN3OS/c1-61(2,3)36-23-25-37(26-24-36)68-49-34-53-40(38-19-14-16-22-52(38)70-53)29-41(49)55-54-39-20-13-15-21-43(39)64(8,9)57(54)56-42-30-44-45(63(6,7)28-27-62(44,4)5)31-48(42)67-50-33-51-47(32-46(50)65(68)58(55)59(56)67)66-60(69-51)35-17-11-10-12-18-35/h10-26,29-34H,27-28H2,1-9H3. The van der Waals surface area contributed by atoms with Crippen LogP contribution in [0.15, 0.2) is 144 Å². The van der Waals surface area contributed by atoms with E-state index in [0.717, 1.165) is 35.2 Å². The molecule has 0 saturated heterocycles. The van der Waals surface area contributed by atoms with E-state index in [9.17, 15) is 0 Å². The second-order valence-corrected chi connectivity index (χ2v) is 24.8. The van der Waals surface area contributed by atoms with E-state index in [1.165, 1.54) is 114 Å². The highest BCUT2D eigenvalue weighted by Gasteiger charge is 2.51. The molecule has 70 heavy (non-hydrogen) atoms. The molecule has 340 valence electrons. The average Bonchev–Trinajstić information content (AvgIpc) is 4.09. The molecule has 6 heteroatoms. The van der Waals surface area contributed by atoms with Gasteiger partial charge in [0.05, 0.1) is 11.0 Å². The third kappa shape index (κ3) is 5.20. The van der Waals surface area contributed by atoms with Crippen LogP contribution in [0, 0.1) is 0 Å². The Kier molecular flexibility index (Phi) is 7.78. The van der Waals surface area contributed by atoms with Gasteiger partial charge in [0.2, 0.25) is 5.89 Å². The number of aromatic nitrogens is 2. The van der Waals surface area contributed by atoms with Crippen LogP contribution in [-0.4, -0.2) is 16.4 Å². The summed E-state index contributed by atoms with van der Waals surface area (Å²) in [5.41, 5.74) is 23.7. The summed E-state index contributed by atoms with van der Waals surface area (Å²) in [5.74, 6) is 0.643. The minimum absolute atomic E-state index is 0.0107. The zero-order chi connectivity index (χ0) is 47.5. The Morgan fingerprint density at radius 3 is 2.11 bits per heavy atom. The zero-order valence-electron chi connectivity index (χ0n) is 41.4. The highest BCUT2D eigenvalue weighted by atomic mass is 32.1. The molecule has 0 atom stereocenters. The van der Waals surface area contributed by atoms with Crippen LogP contribution >= 0.6 is 11.3 Å². The minimum Gasteiger partial charge on any atom is -0.436 e. The summed E-state index contributed by atoms with van der Waals surface area (Å²) < 4.78 is 12.2. The van der Waals surface area contributed by atoms with Crippen molar-refractivity contribution in [3.63, 3.8) is 0 Å². The first-order valence-corrected chi connectivity index (χ1v) is 26.1. The molecule has 0 spiro atoms. The second-order valence-electron chi connectivity index (χ2n) is 23.7. The second kappa shape index (κ2) is 13.3. The van der Waals surface area contributed by atoms with Crippen LogP contribution in [-0.2, 0) is 21.7 Å². The summed E-state index contributed by atoms with van der Waals surface area (Å²) >= 11 is 1.91. The summed E-state index contributed by atoms with van der Waals surface area (Å²) in [6.07, 6.45) is 2.31. The highest BCUT2D eigenvalue weighted by molar-refractivity contribution is 7.25. The fourth-order valence-electron chi connectivity index (χ4n) is 13.7. The van der Waals surface area contributed by atoms with Gasteiger partial charge in [-0.1, -0.05) is 135 Å². The Labute approximate surface area is 413 Å². The molecule has 0 bridgehead atoms. The lowest BCUT2D eigenvalue weighted by Crippen LogP contribution is -2.60. The molecule has 11 aromatic rings. The van der Waals surface area contributed by atoms with Crippen LogP contribution in [0.1, 0.15) is 103 Å². The monoisotopic (exact) mass is 923 g/mol. The van der Waals surface area contributed by atoms with Crippen molar-refractivity contribution in [2.45, 2.75) is 96.8 Å². The Bertz CT molecular complexity index is 4140. The minimum atomic E-state index is -0.279. The molecule has 0 fully saturated rings. The van der Waals surface area contributed by atoms with Crippen molar-refractivity contribution < 1.29 is 4.42 Å². The lowest BCUT2D eigenvalue weighted by atomic mass is 9.43. The smallest absolute Gasteiger partial charge is 0.333 e. The van der Waals surface area contributed by atoms with Gasteiger partial charge < -0.3 is 13.8 Å².